The van der Waals surface area contributed by atoms with Crippen LogP contribution in [0, 0.1) is 5.92 Å². The van der Waals surface area contributed by atoms with Gasteiger partial charge in [0.05, 0.1) is 30.3 Å². The second kappa shape index (κ2) is 7.35. The highest BCUT2D eigenvalue weighted by Gasteiger charge is 2.42. The van der Waals surface area contributed by atoms with Crippen LogP contribution in [0.5, 0.6) is 5.75 Å². The van der Waals surface area contributed by atoms with Gasteiger partial charge in [-0.15, -0.1) is 0 Å². The molecule has 2 aliphatic heterocycles. The van der Waals surface area contributed by atoms with Gasteiger partial charge in [0.25, 0.3) is 0 Å². The molecule has 0 aliphatic carbocycles. The van der Waals surface area contributed by atoms with E-state index >= 15 is 0 Å². The highest BCUT2D eigenvalue weighted by molar-refractivity contribution is 5.78. The molecule has 8 heteroatoms. The molecule has 0 radical (unpaired) electrons. The molecule has 2 aromatic carbocycles. The number of hydrogen-bond donors (Lipinski definition) is 0. The maximum atomic E-state index is 13.2. The Hall–Kier alpha value is -2.90. The largest absolute Gasteiger partial charge is 0.484 e. The van der Waals surface area contributed by atoms with Crippen LogP contribution in [-0.2, 0) is 15.7 Å². The van der Waals surface area contributed by atoms with Crippen molar-refractivity contribution in [3.05, 3.63) is 48.0 Å². The molecule has 0 spiro atoms. The summed E-state index contributed by atoms with van der Waals surface area (Å²) < 4.78 is 50.5. The van der Waals surface area contributed by atoms with E-state index in [-0.39, 0.29) is 23.7 Å². The van der Waals surface area contributed by atoms with Crippen LogP contribution in [0.15, 0.2) is 42.5 Å². The summed E-state index contributed by atoms with van der Waals surface area (Å²) in [5.74, 6) is -0.153. The third kappa shape index (κ3) is 3.79. The molecule has 0 aromatic heterocycles. The van der Waals surface area contributed by atoms with Gasteiger partial charge in [-0.3, -0.25) is 4.79 Å². The Balaban J connectivity index is 1.69. The van der Waals surface area contributed by atoms with Gasteiger partial charge >= 0.3 is 12.1 Å². The van der Waals surface area contributed by atoms with E-state index in [1.54, 1.807) is 0 Å². The van der Waals surface area contributed by atoms with Crippen LogP contribution in [0.2, 0.25) is 0 Å². The fourth-order valence-electron chi connectivity index (χ4n) is 4.07. The van der Waals surface area contributed by atoms with Gasteiger partial charge in [0, 0.05) is 24.5 Å². The van der Waals surface area contributed by atoms with Crippen molar-refractivity contribution >= 4 is 23.0 Å². The van der Waals surface area contributed by atoms with Gasteiger partial charge < -0.3 is 19.3 Å². The van der Waals surface area contributed by atoms with Gasteiger partial charge in [0.1, 0.15) is 11.4 Å². The first-order chi connectivity index (χ1) is 14.5. The Labute approximate surface area is 179 Å². The maximum absolute atomic E-state index is 13.2. The normalized spacial score (nSPS) is 20.5. The lowest BCUT2D eigenvalue weighted by Crippen LogP contribution is -2.53. The van der Waals surface area contributed by atoms with E-state index in [0.717, 1.165) is 23.5 Å². The summed E-state index contributed by atoms with van der Waals surface area (Å²) in [5, 5.41) is 0. The monoisotopic (exact) mass is 434 g/mol. The topological polar surface area (TPSA) is 42.0 Å². The van der Waals surface area contributed by atoms with E-state index in [1.807, 2.05) is 49.9 Å². The molecule has 1 unspecified atom stereocenters. The van der Waals surface area contributed by atoms with Crippen LogP contribution in [0.25, 0.3) is 0 Å². The van der Waals surface area contributed by atoms with Crippen LogP contribution in [0.1, 0.15) is 26.3 Å². The number of esters is 1. The molecule has 1 fully saturated rings. The van der Waals surface area contributed by atoms with Crippen LogP contribution in [-0.4, -0.2) is 37.8 Å². The summed E-state index contributed by atoms with van der Waals surface area (Å²) in [6.07, 6.45) is -4.44. The molecule has 1 atom stereocenters. The number of carbonyl (C=O) groups excluding carboxylic acids is 1. The summed E-state index contributed by atoms with van der Waals surface area (Å²) >= 11 is 0. The molecule has 166 valence electrons. The number of rotatable bonds is 3. The summed E-state index contributed by atoms with van der Waals surface area (Å²) in [4.78, 5) is 15.8. The standard InChI is InChI=1S/C23H25F3N2O3/c1-14-22(2,3)31-20-10-16(23(24,25)26)8-9-19(20)28(14)18-7-5-6-17(11-18)27-12-15(13-27)21(29)30-4/h5-11,14-15H,12-13H2,1-4H3. The van der Waals surface area contributed by atoms with Gasteiger partial charge in [-0.25, -0.2) is 0 Å². The quantitative estimate of drug-likeness (QED) is 0.635. The lowest BCUT2D eigenvalue weighted by atomic mass is 9.93. The molecule has 4 rings (SSSR count). The Kier molecular flexibility index (Phi) is 5.06. The molecule has 2 aliphatic rings. The first kappa shape index (κ1) is 21.3. The maximum Gasteiger partial charge on any atom is 0.416 e. The van der Waals surface area contributed by atoms with E-state index in [4.69, 9.17) is 9.47 Å². The number of halogens is 3. The van der Waals surface area contributed by atoms with Gasteiger partial charge in [0.2, 0.25) is 0 Å². The second-order valence-electron chi connectivity index (χ2n) is 8.58. The average Bonchev–Trinajstić information content (AvgIpc) is 2.66. The minimum atomic E-state index is -4.44. The Morgan fingerprint density at radius 1 is 1.13 bits per heavy atom. The van der Waals surface area contributed by atoms with Crippen molar-refractivity contribution in [3.63, 3.8) is 0 Å². The van der Waals surface area contributed by atoms with Crippen LogP contribution >= 0.6 is 0 Å². The molecule has 2 heterocycles. The van der Waals surface area contributed by atoms with Crippen molar-refractivity contribution in [2.45, 2.75) is 38.6 Å². The van der Waals surface area contributed by atoms with Crippen molar-refractivity contribution in [2.75, 3.05) is 30.0 Å². The van der Waals surface area contributed by atoms with Crippen molar-refractivity contribution in [3.8, 4) is 5.75 Å². The number of anilines is 3. The third-order valence-electron chi connectivity index (χ3n) is 6.20. The van der Waals surface area contributed by atoms with Gasteiger partial charge in [0.15, 0.2) is 0 Å². The number of nitrogens with zero attached hydrogens (tertiary/aromatic N) is 2. The van der Waals surface area contributed by atoms with Crippen LogP contribution in [0.3, 0.4) is 0 Å². The molecule has 2 aromatic rings. The molecule has 0 saturated carbocycles. The molecular formula is C23H25F3N2O3. The predicted octanol–water partition coefficient (Wildman–Crippen LogP) is 5.01. The second-order valence-corrected chi connectivity index (χ2v) is 8.58. The lowest BCUT2D eigenvalue weighted by Gasteiger charge is -2.47. The fraction of sp³-hybridized carbons (Fsp3) is 0.435. The first-order valence-corrected chi connectivity index (χ1v) is 10.1. The summed E-state index contributed by atoms with van der Waals surface area (Å²) in [5.41, 5.74) is 0.944. The zero-order valence-corrected chi connectivity index (χ0v) is 17.9. The Morgan fingerprint density at radius 2 is 1.81 bits per heavy atom. The highest BCUT2D eigenvalue weighted by Crippen LogP contribution is 2.47. The smallest absolute Gasteiger partial charge is 0.416 e. The summed E-state index contributed by atoms with van der Waals surface area (Å²) in [6.45, 7) is 6.88. The molecule has 31 heavy (non-hydrogen) atoms. The zero-order chi connectivity index (χ0) is 22.6. The van der Waals surface area contributed by atoms with Gasteiger partial charge in [-0.2, -0.15) is 13.2 Å². The Bertz CT molecular complexity index is 1000. The molecule has 0 bridgehead atoms. The average molecular weight is 434 g/mol. The molecular weight excluding hydrogens is 409 g/mol. The van der Waals surface area contributed by atoms with Gasteiger partial charge in [-0.1, -0.05) is 6.07 Å². The zero-order valence-electron chi connectivity index (χ0n) is 17.9. The van der Waals surface area contributed by atoms with Crippen LogP contribution in [0.4, 0.5) is 30.2 Å². The SMILES string of the molecule is COC(=O)C1CN(c2cccc(N3c4ccc(C(F)(F)F)cc4OC(C)(C)C3C)c2)C1. The van der Waals surface area contributed by atoms with E-state index in [9.17, 15) is 18.0 Å². The van der Waals surface area contributed by atoms with E-state index < -0.39 is 17.3 Å². The van der Waals surface area contributed by atoms with Crippen molar-refractivity contribution in [1.29, 1.82) is 0 Å². The first-order valence-electron chi connectivity index (χ1n) is 10.1. The van der Waals surface area contributed by atoms with E-state index in [0.29, 0.717) is 18.8 Å². The Morgan fingerprint density at radius 3 is 2.45 bits per heavy atom. The van der Waals surface area contributed by atoms with Crippen LogP contribution < -0.4 is 14.5 Å². The van der Waals surface area contributed by atoms with Gasteiger partial charge in [-0.05, 0) is 57.2 Å². The number of benzene rings is 2. The number of carbonyl (C=O) groups is 1. The number of ether oxygens (including phenoxy) is 2. The number of hydrogen-bond acceptors (Lipinski definition) is 5. The minimum Gasteiger partial charge on any atom is -0.484 e. The van der Waals surface area contributed by atoms with E-state index in [1.165, 1.54) is 13.2 Å². The molecule has 5 nitrogen and oxygen atoms in total. The number of fused-ring (bicyclic) bond motifs is 1. The molecule has 1 saturated heterocycles. The highest BCUT2D eigenvalue weighted by atomic mass is 19.4. The molecule has 0 N–H and O–H groups in total. The van der Waals surface area contributed by atoms with Crippen molar-refractivity contribution in [1.82, 2.24) is 0 Å². The van der Waals surface area contributed by atoms with E-state index in [2.05, 4.69) is 4.90 Å². The minimum absolute atomic E-state index is 0.133. The summed E-state index contributed by atoms with van der Waals surface area (Å²) in [7, 11) is 1.38. The number of alkyl halides is 3. The summed E-state index contributed by atoms with van der Waals surface area (Å²) in [6, 6.07) is 11.3. The van der Waals surface area contributed by atoms with Crippen molar-refractivity contribution < 1.29 is 27.4 Å². The molecule has 0 amide bonds. The predicted molar refractivity (Wildman–Crippen MR) is 112 cm³/mol. The third-order valence-corrected chi connectivity index (χ3v) is 6.20. The van der Waals surface area contributed by atoms with Crippen molar-refractivity contribution in [2.24, 2.45) is 5.92 Å². The lowest BCUT2D eigenvalue weighted by molar-refractivity contribution is -0.146. The fourth-order valence-corrected chi connectivity index (χ4v) is 4.07. The number of methoxy groups -OCH3 is 1.